The third-order valence-corrected chi connectivity index (χ3v) is 9.37. The third-order valence-electron chi connectivity index (χ3n) is 9.37. The van der Waals surface area contributed by atoms with Crippen LogP contribution in [0.5, 0.6) is 0 Å². The van der Waals surface area contributed by atoms with Crippen molar-refractivity contribution in [2.45, 2.75) is 0 Å². The van der Waals surface area contributed by atoms with Gasteiger partial charge in [0.05, 0.1) is 22.0 Å². The maximum atomic E-state index is 9.63. The first-order valence-electron chi connectivity index (χ1n) is 20.4. The molecule has 50 heavy (non-hydrogen) atoms. The number of rotatable bonds is 5. The first kappa shape index (κ1) is 21.4. The predicted molar refractivity (Wildman–Crippen MR) is 212 cm³/mol. The molecule has 0 aliphatic rings. The SMILES string of the molecule is [2H]c1c([2H])c(N(c2c([2H])c([2H])c(-c3cccc4ccccc34)c([2H])c2[2H])c2cccc3oc4c5ccccc5ccc4c23)c([2H])c([2H])c1-c1ccc2ccccc2c1. The molecule has 234 valence electrons. The van der Waals surface area contributed by atoms with Gasteiger partial charge in [0.2, 0.25) is 0 Å². The fourth-order valence-electron chi connectivity index (χ4n) is 6.98. The number of furan rings is 1. The number of hydrogen-bond acceptors (Lipinski definition) is 2. The third kappa shape index (κ3) is 4.65. The van der Waals surface area contributed by atoms with Crippen molar-refractivity contribution in [1.29, 1.82) is 0 Å². The van der Waals surface area contributed by atoms with Gasteiger partial charge in [0, 0.05) is 22.1 Å². The summed E-state index contributed by atoms with van der Waals surface area (Å²) in [5.74, 6) is 0. The van der Waals surface area contributed by atoms with E-state index < -0.39 is 24.2 Å². The lowest BCUT2D eigenvalue weighted by atomic mass is 9.98. The summed E-state index contributed by atoms with van der Waals surface area (Å²) in [6.45, 7) is 0. The topological polar surface area (TPSA) is 16.4 Å². The molecule has 0 radical (unpaired) electrons. The summed E-state index contributed by atoms with van der Waals surface area (Å²) in [5.41, 5.74) is 2.18. The Balaban J connectivity index is 1.30. The Morgan fingerprint density at radius 2 is 1.02 bits per heavy atom. The molecule has 0 amide bonds. The second-order valence-corrected chi connectivity index (χ2v) is 12.3. The zero-order chi connectivity index (χ0) is 40.0. The van der Waals surface area contributed by atoms with Gasteiger partial charge >= 0.3 is 0 Å². The minimum absolute atomic E-state index is 0.105. The first-order valence-corrected chi connectivity index (χ1v) is 16.4. The van der Waals surface area contributed by atoms with Crippen LogP contribution < -0.4 is 4.90 Å². The van der Waals surface area contributed by atoms with E-state index in [9.17, 15) is 11.0 Å². The van der Waals surface area contributed by atoms with Crippen LogP contribution in [0.15, 0.2) is 192 Å². The molecule has 2 nitrogen and oxygen atoms in total. The van der Waals surface area contributed by atoms with Gasteiger partial charge in [0.15, 0.2) is 0 Å². The standard InChI is InChI=1S/C48H31NO/c1-2-12-37-31-38(20-19-32(37)9-1)33-21-26-39(27-22-33)49(40-28-23-36(24-29-40)42-16-7-13-34-10-3-5-14-41(34)42)45-17-8-18-46-47(45)44-30-25-35-11-4-6-15-43(35)48(44)50-46/h1-31H/i21D,22D,23D,24D,26D,27D,28D,29D. The lowest BCUT2D eigenvalue weighted by Gasteiger charge is -2.26. The molecule has 0 saturated heterocycles. The largest absolute Gasteiger partial charge is 0.455 e. The van der Waals surface area contributed by atoms with E-state index in [0.29, 0.717) is 38.8 Å². The molecule has 1 aromatic heterocycles. The van der Waals surface area contributed by atoms with E-state index in [1.165, 1.54) is 4.90 Å². The van der Waals surface area contributed by atoms with Crippen LogP contribution in [0.3, 0.4) is 0 Å². The van der Waals surface area contributed by atoms with Crippen LogP contribution in [0.2, 0.25) is 0 Å². The van der Waals surface area contributed by atoms with E-state index in [0.717, 1.165) is 32.3 Å². The second-order valence-electron chi connectivity index (χ2n) is 12.3. The normalized spacial score (nSPS) is 13.8. The average Bonchev–Trinajstić information content (AvgIpc) is 3.64. The van der Waals surface area contributed by atoms with E-state index in [-0.39, 0.29) is 46.7 Å². The minimum atomic E-state index is -0.408. The average molecular weight is 646 g/mol. The van der Waals surface area contributed by atoms with Gasteiger partial charge in [-0.15, -0.1) is 0 Å². The van der Waals surface area contributed by atoms with E-state index in [4.69, 9.17) is 4.42 Å². The Morgan fingerprint density at radius 3 is 1.80 bits per heavy atom. The van der Waals surface area contributed by atoms with Crippen molar-refractivity contribution in [3.8, 4) is 22.3 Å². The molecule has 10 rings (SSSR count). The van der Waals surface area contributed by atoms with Crippen LogP contribution in [0.1, 0.15) is 11.0 Å². The Bertz CT molecular complexity index is 3290. The van der Waals surface area contributed by atoms with Gasteiger partial charge in [-0.05, 0) is 97.6 Å². The molecule has 0 N–H and O–H groups in total. The van der Waals surface area contributed by atoms with Gasteiger partial charge in [-0.25, -0.2) is 0 Å². The Labute approximate surface area is 301 Å². The van der Waals surface area contributed by atoms with Crippen molar-refractivity contribution < 1.29 is 15.4 Å². The minimum Gasteiger partial charge on any atom is -0.455 e. The number of anilines is 3. The van der Waals surface area contributed by atoms with Crippen LogP contribution in [-0.4, -0.2) is 0 Å². The summed E-state index contributed by atoms with van der Waals surface area (Å²) >= 11 is 0. The fourth-order valence-corrected chi connectivity index (χ4v) is 6.98. The van der Waals surface area contributed by atoms with E-state index in [1.54, 1.807) is 30.3 Å². The summed E-state index contributed by atoms with van der Waals surface area (Å²) in [6.07, 6.45) is 0. The first-order chi connectivity index (χ1) is 28.1. The highest BCUT2D eigenvalue weighted by molar-refractivity contribution is 6.19. The zero-order valence-electron chi connectivity index (χ0n) is 34.6. The van der Waals surface area contributed by atoms with Crippen molar-refractivity contribution in [3.05, 3.63) is 188 Å². The van der Waals surface area contributed by atoms with E-state index in [1.807, 2.05) is 109 Å². The molecule has 0 fully saturated rings. The lowest BCUT2D eigenvalue weighted by molar-refractivity contribution is 0.672. The monoisotopic (exact) mass is 645 g/mol. The van der Waals surface area contributed by atoms with Crippen LogP contribution >= 0.6 is 0 Å². The zero-order valence-corrected chi connectivity index (χ0v) is 26.6. The number of hydrogen-bond donors (Lipinski definition) is 0. The van der Waals surface area contributed by atoms with Crippen molar-refractivity contribution in [3.63, 3.8) is 0 Å². The highest BCUT2D eigenvalue weighted by Crippen LogP contribution is 2.45. The van der Waals surface area contributed by atoms with Crippen molar-refractivity contribution in [1.82, 2.24) is 0 Å². The summed E-state index contributed by atoms with van der Waals surface area (Å²) in [7, 11) is 0. The van der Waals surface area contributed by atoms with Crippen molar-refractivity contribution in [2.75, 3.05) is 4.90 Å². The number of benzene rings is 9. The molecule has 0 spiro atoms. The molecule has 0 bridgehead atoms. The predicted octanol–water partition coefficient (Wildman–Crippen LogP) is 13.8. The maximum absolute atomic E-state index is 9.63. The van der Waals surface area contributed by atoms with E-state index >= 15 is 0 Å². The van der Waals surface area contributed by atoms with Gasteiger partial charge in [-0.3, -0.25) is 0 Å². The molecule has 0 unspecified atom stereocenters. The Kier molecular flexibility index (Phi) is 4.91. The van der Waals surface area contributed by atoms with Gasteiger partial charge in [0.1, 0.15) is 11.2 Å². The molecule has 2 heteroatoms. The smallest absolute Gasteiger partial charge is 0.143 e. The highest BCUT2D eigenvalue weighted by Gasteiger charge is 2.20. The highest BCUT2D eigenvalue weighted by atomic mass is 16.3. The van der Waals surface area contributed by atoms with Gasteiger partial charge in [0.25, 0.3) is 0 Å². The van der Waals surface area contributed by atoms with Crippen LogP contribution in [0.25, 0.3) is 76.5 Å². The van der Waals surface area contributed by atoms with Crippen LogP contribution in [0, 0.1) is 0 Å². The molecule has 1 heterocycles. The van der Waals surface area contributed by atoms with Gasteiger partial charge in [-0.2, -0.15) is 0 Å². The Morgan fingerprint density at radius 1 is 0.420 bits per heavy atom. The van der Waals surface area contributed by atoms with Gasteiger partial charge < -0.3 is 9.32 Å². The summed E-state index contributed by atoms with van der Waals surface area (Å²) in [5, 5.41) is 6.55. The van der Waals surface area contributed by atoms with Crippen molar-refractivity contribution in [2.24, 2.45) is 0 Å². The number of nitrogens with zero attached hydrogens (tertiary/aromatic N) is 1. The number of fused-ring (bicyclic) bond motifs is 7. The summed E-state index contributed by atoms with van der Waals surface area (Å²) in [4.78, 5) is 1.37. The molecular weight excluding hydrogens is 607 g/mol. The molecule has 0 atom stereocenters. The van der Waals surface area contributed by atoms with Crippen LogP contribution in [-0.2, 0) is 0 Å². The molecule has 0 aliphatic carbocycles. The van der Waals surface area contributed by atoms with E-state index in [2.05, 4.69) is 0 Å². The van der Waals surface area contributed by atoms with Gasteiger partial charge in [-0.1, -0.05) is 139 Å². The Hall–Kier alpha value is -6.64. The molecule has 0 saturated carbocycles. The van der Waals surface area contributed by atoms with Crippen LogP contribution in [0.4, 0.5) is 17.1 Å². The second kappa shape index (κ2) is 11.5. The molecule has 10 aromatic rings. The fraction of sp³-hybridized carbons (Fsp3) is 0. The lowest BCUT2D eigenvalue weighted by Crippen LogP contribution is -2.10. The quantitative estimate of drug-likeness (QED) is 0.185. The summed E-state index contributed by atoms with van der Waals surface area (Å²) < 4.78 is 82.7. The molecule has 9 aromatic carbocycles. The summed E-state index contributed by atoms with van der Waals surface area (Å²) in [6, 6.07) is 40.4. The molecule has 0 aliphatic heterocycles. The maximum Gasteiger partial charge on any atom is 0.143 e. The molecular formula is C48H31NO. The van der Waals surface area contributed by atoms with Crippen molar-refractivity contribution >= 4 is 71.3 Å².